The smallest absolute Gasteiger partial charge is 0.264 e. The summed E-state index contributed by atoms with van der Waals surface area (Å²) in [4.78, 5) is 36.0. The molecule has 0 aliphatic carbocycles. The van der Waals surface area contributed by atoms with Crippen molar-refractivity contribution in [3.8, 4) is 0 Å². The van der Waals surface area contributed by atoms with Gasteiger partial charge in [-0.15, -0.1) is 0 Å². The van der Waals surface area contributed by atoms with Gasteiger partial charge in [0.25, 0.3) is 5.78 Å². The topological polar surface area (TPSA) is 51.2 Å². The van der Waals surface area contributed by atoms with Crippen LogP contribution in [0.4, 0.5) is 0 Å². The monoisotopic (exact) mass is 478 g/mol. The Morgan fingerprint density at radius 1 is 0.324 bits per heavy atom. The van der Waals surface area contributed by atoms with Crippen LogP contribution in [0, 0.1) is 0 Å². The average molecular weight is 479 g/mol. The van der Waals surface area contributed by atoms with Crippen LogP contribution >= 0.6 is 0 Å². The minimum Gasteiger partial charge on any atom is -0.290 e. The molecule has 0 saturated carbocycles. The third-order valence-electron chi connectivity index (χ3n) is 7.02. The lowest BCUT2D eigenvalue weighted by molar-refractivity contribution is -0.144. The van der Waals surface area contributed by atoms with Crippen molar-refractivity contribution in [1.82, 2.24) is 0 Å². The standard InChI is InChI=1S/C31H58O3/c1-3-5-7-9-11-13-15-17-19-21-23-25-27-29(32)31(34)30(33)28-26-24-22-20-18-16-14-12-10-8-6-4-2/h3-28H2,1-2H3. The number of carbonyl (C=O) groups excluding carboxylic acids is 3. The van der Waals surface area contributed by atoms with Crippen molar-refractivity contribution in [3.63, 3.8) is 0 Å². The average Bonchev–Trinajstić information content (AvgIpc) is 2.84. The Kier molecular flexibility index (Phi) is 25.8. The number of ketones is 3. The molecule has 0 rings (SSSR count). The quantitative estimate of drug-likeness (QED) is 0.0638. The van der Waals surface area contributed by atoms with Crippen LogP contribution in [0.1, 0.15) is 181 Å². The fraction of sp³-hybridized carbons (Fsp3) is 0.903. The number of rotatable bonds is 28. The first kappa shape index (κ1) is 33.0. The molecule has 3 nitrogen and oxygen atoms in total. The van der Waals surface area contributed by atoms with Crippen molar-refractivity contribution in [2.24, 2.45) is 0 Å². The van der Waals surface area contributed by atoms with Crippen LogP contribution < -0.4 is 0 Å². The fourth-order valence-corrected chi connectivity index (χ4v) is 4.64. The second-order valence-corrected chi connectivity index (χ2v) is 10.5. The van der Waals surface area contributed by atoms with E-state index in [0.29, 0.717) is 0 Å². The van der Waals surface area contributed by atoms with E-state index in [-0.39, 0.29) is 12.8 Å². The van der Waals surface area contributed by atoms with Crippen molar-refractivity contribution >= 4 is 17.3 Å². The molecule has 0 N–H and O–H groups in total. The molecule has 0 amide bonds. The lowest BCUT2D eigenvalue weighted by Crippen LogP contribution is -2.23. The van der Waals surface area contributed by atoms with Gasteiger partial charge in [-0.3, -0.25) is 14.4 Å². The summed E-state index contributed by atoms with van der Waals surface area (Å²) in [5.74, 6) is -1.67. The summed E-state index contributed by atoms with van der Waals surface area (Å²) in [6.45, 7) is 4.50. The van der Waals surface area contributed by atoms with Gasteiger partial charge in [-0.05, 0) is 12.8 Å². The maximum atomic E-state index is 12.0. The summed E-state index contributed by atoms with van der Waals surface area (Å²) < 4.78 is 0. The molecular weight excluding hydrogens is 420 g/mol. The Hall–Kier alpha value is -0.990. The van der Waals surface area contributed by atoms with Crippen molar-refractivity contribution in [2.75, 3.05) is 0 Å². The summed E-state index contributed by atoms with van der Waals surface area (Å²) in [5.41, 5.74) is 0. The van der Waals surface area contributed by atoms with Crippen LogP contribution in [0.3, 0.4) is 0 Å². The minimum absolute atomic E-state index is 0.250. The van der Waals surface area contributed by atoms with Crippen molar-refractivity contribution in [2.45, 2.75) is 181 Å². The second-order valence-electron chi connectivity index (χ2n) is 10.5. The van der Waals surface area contributed by atoms with Crippen LogP contribution in [0.25, 0.3) is 0 Å². The molecule has 0 aliphatic rings. The number of hydrogen-bond acceptors (Lipinski definition) is 3. The van der Waals surface area contributed by atoms with Crippen molar-refractivity contribution < 1.29 is 14.4 Å². The van der Waals surface area contributed by atoms with Gasteiger partial charge in [-0.25, -0.2) is 0 Å². The molecule has 0 heterocycles. The molecule has 200 valence electrons. The van der Waals surface area contributed by atoms with Gasteiger partial charge in [0.05, 0.1) is 0 Å². The van der Waals surface area contributed by atoms with Crippen molar-refractivity contribution in [1.29, 1.82) is 0 Å². The summed E-state index contributed by atoms with van der Waals surface area (Å²) >= 11 is 0. The summed E-state index contributed by atoms with van der Waals surface area (Å²) in [7, 11) is 0. The highest BCUT2D eigenvalue weighted by Gasteiger charge is 2.21. The molecular formula is C31H58O3. The van der Waals surface area contributed by atoms with E-state index in [0.717, 1.165) is 38.5 Å². The van der Waals surface area contributed by atoms with E-state index in [1.54, 1.807) is 0 Å². The van der Waals surface area contributed by atoms with Gasteiger partial charge in [0.1, 0.15) is 0 Å². The van der Waals surface area contributed by atoms with Gasteiger partial charge < -0.3 is 0 Å². The zero-order valence-corrected chi connectivity index (χ0v) is 23.1. The maximum absolute atomic E-state index is 12.0. The summed E-state index contributed by atoms with van der Waals surface area (Å²) in [6, 6.07) is 0. The van der Waals surface area contributed by atoms with E-state index in [1.807, 2.05) is 0 Å². The van der Waals surface area contributed by atoms with Gasteiger partial charge in [0.2, 0.25) is 11.6 Å². The zero-order valence-electron chi connectivity index (χ0n) is 23.1. The van der Waals surface area contributed by atoms with E-state index < -0.39 is 17.3 Å². The Morgan fingerprint density at radius 3 is 0.765 bits per heavy atom. The predicted octanol–water partition coefficient (Wildman–Crippen LogP) is 9.88. The highest BCUT2D eigenvalue weighted by atomic mass is 16.2. The molecule has 34 heavy (non-hydrogen) atoms. The van der Waals surface area contributed by atoms with E-state index >= 15 is 0 Å². The molecule has 0 saturated heterocycles. The van der Waals surface area contributed by atoms with Crippen molar-refractivity contribution in [3.05, 3.63) is 0 Å². The Bertz CT molecular complexity index is 441. The number of hydrogen-bond donors (Lipinski definition) is 0. The van der Waals surface area contributed by atoms with Gasteiger partial charge in [0, 0.05) is 12.8 Å². The maximum Gasteiger partial charge on any atom is 0.264 e. The van der Waals surface area contributed by atoms with Crippen LogP contribution in [0.5, 0.6) is 0 Å². The molecule has 0 aromatic heterocycles. The third-order valence-corrected chi connectivity index (χ3v) is 7.02. The molecule has 0 aromatic carbocycles. The van der Waals surface area contributed by atoms with E-state index in [4.69, 9.17) is 0 Å². The number of Topliss-reactive ketones (excluding diaryl/α,β-unsaturated/α-hetero) is 3. The van der Waals surface area contributed by atoms with E-state index in [9.17, 15) is 14.4 Å². The zero-order chi connectivity index (χ0) is 25.1. The van der Waals surface area contributed by atoms with Crippen LogP contribution in [0.2, 0.25) is 0 Å². The van der Waals surface area contributed by atoms with E-state index in [2.05, 4.69) is 13.8 Å². The van der Waals surface area contributed by atoms with Gasteiger partial charge in [0.15, 0.2) is 0 Å². The summed E-state index contributed by atoms with van der Waals surface area (Å²) in [6.07, 6.45) is 30.1. The second kappa shape index (κ2) is 26.6. The molecule has 0 aliphatic heterocycles. The summed E-state index contributed by atoms with van der Waals surface area (Å²) in [5, 5.41) is 0. The lowest BCUT2D eigenvalue weighted by Gasteiger charge is -2.04. The molecule has 3 heteroatoms. The molecule has 0 spiro atoms. The lowest BCUT2D eigenvalue weighted by atomic mass is 10.0. The van der Waals surface area contributed by atoms with E-state index in [1.165, 1.54) is 116 Å². The third kappa shape index (κ3) is 22.8. The SMILES string of the molecule is CCCCCCCCCCCCCCC(=O)C(=O)C(=O)CCCCCCCCCCCCCC. The van der Waals surface area contributed by atoms with Crippen LogP contribution in [-0.4, -0.2) is 17.3 Å². The predicted molar refractivity (Wildman–Crippen MR) is 146 cm³/mol. The Balaban J connectivity index is 3.47. The highest BCUT2D eigenvalue weighted by Crippen LogP contribution is 2.14. The van der Waals surface area contributed by atoms with Crippen LogP contribution in [-0.2, 0) is 14.4 Å². The molecule has 0 atom stereocenters. The molecule has 0 unspecified atom stereocenters. The molecule has 0 fully saturated rings. The first-order chi connectivity index (χ1) is 16.6. The first-order valence-electron chi connectivity index (χ1n) is 15.2. The number of carbonyl (C=O) groups is 3. The first-order valence-corrected chi connectivity index (χ1v) is 15.2. The Morgan fingerprint density at radius 2 is 0.529 bits per heavy atom. The highest BCUT2D eigenvalue weighted by molar-refractivity contribution is 6.63. The molecule has 0 bridgehead atoms. The van der Waals surface area contributed by atoms with Gasteiger partial charge in [-0.2, -0.15) is 0 Å². The Labute approximate surface area is 212 Å². The largest absolute Gasteiger partial charge is 0.290 e. The molecule has 0 radical (unpaired) electrons. The normalized spacial score (nSPS) is 11.1. The van der Waals surface area contributed by atoms with Gasteiger partial charge >= 0.3 is 0 Å². The fourth-order valence-electron chi connectivity index (χ4n) is 4.64. The van der Waals surface area contributed by atoms with Crippen LogP contribution in [0.15, 0.2) is 0 Å². The molecule has 0 aromatic rings. The number of unbranched alkanes of at least 4 members (excludes halogenated alkanes) is 22. The van der Waals surface area contributed by atoms with Gasteiger partial charge in [-0.1, -0.05) is 155 Å². The minimum atomic E-state index is -0.744.